The number of hydrogen-bond donors (Lipinski definition) is 0. The third kappa shape index (κ3) is 3.47. The van der Waals surface area contributed by atoms with Gasteiger partial charge >= 0.3 is 5.97 Å². The van der Waals surface area contributed by atoms with E-state index in [1.165, 1.54) is 6.33 Å². The van der Waals surface area contributed by atoms with Crippen LogP contribution >= 0.6 is 35.1 Å². The first-order chi connectivity index (χ1) is 12.2. The molecule has 0 amide bonds. The highest BCUT2D eigenvalue weighted by Crippen LogP contribution is 2.45. The molecule has 9 heteroatoms. The van der Waals surface area contributed by atoms with Gasteiger partial charge in [0.25, 0.3) is 0 Å². The van der Waals surface area contributed by atoms with Gasteiger partial charge in [-0.2, -0.15) is 0 Å². The number of halogens is 1. The first-order valence-electron chi connectivity index (χ1n) is 7.54. The Kier molecular flexibility index (Phi) is 4.82. The van der Waals surface area contributed by atoms with Gasteiger partial charge in [0.15, 0.2) is 10.8 Å². The van der Waals surface area contributed by atoms with E-state index >= 15 is 0 Å². The molecule has 1 aliphatic rings. The standard InChI is InChI=1S/C16H13ClN4O2S2/c17-14-13-15(19-8-18-14)21(9-20-13)11-7-24-12(25-11)6-23-16(22)10-4-2-1-3-5-10/h1-5,8-9,11-12H,6-7H2/t11-,12-/m0/s1. The third-order valence-corrected chi connectivity index (χ3v) is 7.11. The molecule has 6 nitrogen and oxygen atoms in total. The quantitative estimate of drug-likeness (QED) is 0.495. The fourth-order valence-electron chi connectivity index (χ4n) is 2.51. The van der Waals surface area contributed by atoms with Gasteiger partial charge in [0.2, 0.25) is 0 Å². The summed E-state index contributed by atoms with van der Waals surface area (Å²) in [6.07, 6.45) is 3.18. The molecule has 1 aliphatic heterocycles. The van der Waals surface area contributed by atoms with E-state index in [1.807, 2.05) is 22.8 Å². The molecule has 2 atom stereocenters. The van der Waals surface area contributed by atoms with E-state index in [-0.39, 0.29) is 15.9 Å². The highest BCUT2D eigenvalue weighted by molar-refractivity contribution is 8.20. The van der Waals surface area contributed by atoms with Crippen LogP contribution in [0.15, 0.2) is 43.0 Å². The van der Waals surface area contributed by atoms with Crippen LogP contribution in [0.1, 0.15) is 15.7 Å². The molecule has 0 aliphatic carbocycles. The van der Waals surface area contributed by atoms with Crippen LogP contribution < -0.4 is 0 Å². The summed E-state index contributed by atoms with van der Waals surface area (Å²) in [6, 6.07) is 9.02. The highest BCUT2D eigenvalue weighted by atomic mass is 35.5. The van der Waals surface area contributed by atoms with E-state index in [9.17, 15) is 4.79 Å². The molecule has 2 aromatic heterocycles. The van der Waals surface area contributed by atoms with E-state index in [2.05, 4.69) is 15.0 Å². The van der Waals surface area contributed by atoms with Gasteiger partial charge in [-0.25, -0.2) is 19.7 Å². The smallest absolute Gasteiger partial charge is 0.338 e. The lowest BCUT2D eigenvalue weighted by atomic mass is 10.2. The van der Waals surface area contributed by atoms with Crippen LogP contribution in [0.5, 0.6) is 0 Å². The zero-order chi connectivity index (χ0) is 17.2. The molecular formula is C16H13ClN4O2S2. The van der Waals surface area contributed by atoms with Crippen molar-refractivity contribution >= 4 is 52.3 Å². The monoisotopic (exact) mass is 392 g/mol. The minimum Gasteiger partial charge on any atom is -0.460 e. The van der Waals surface area contributed by atoms with E-state index in [4.69, 9.17) is 16.3 Å². The number of carbonyl (C=O) groups excluding carboxylic acids is 1. The van der Waals surface area contributed by atoms with Crippen molar-refractivity contribution in [2.75, 3.05) is 12.4 Å². The van der Waals surface area contributed by atoms with Crippen molar-refractivity contribution in [3.8, 4) is 0 Å². The predicted octanol–water partition coefficient (Wildman–Crippen LogP) is 3.64. The summed E-state index contributed by atoms with van der Waals surface area (Å²) in [5.74, 6) is 0.587. The summed E-state index contributed by atoms with van der Waals surface area (Å²) >= 11 is 9.54. The number of esters is 1. The molecule has 25 heavy (non-hydrogen) atoms. The zero-order valence-electron chi connectivity index (χ0n) is 12.9. The van der Waals surface area contributed by atoms with Crippen molar-refractivity contribution in [2.45, 2.75) is 9.96 Å². The van der Waals surface area contributed by atoms with Crippen LogP contribution in [0.4, 0.5) is 0 Å². The van der Waals surface area contributed by atoms with Crippen LogP contribution in [0.3, 0.4) is 0 Å². The average Bonchev–Trinajstić information content (AvgIpc) is 3.27. The van der Waals surface area contributed by atoms with Gasteiger partial charge in [-0.05, 0) is 12.1 Å². The first kappa shape index (κ1) is 16.7. The summed E-state index contributed by atoms with van der Waals surface area (Å²) in [4.78, 5) is 24.6. The molecule has 3 aromatic rings. The van der Waals surface area contributed by atoms with Crippen LogP contribution in [-0.4, -0.2) is 42.4 Å². The highest BCUT2D eigenvalue weighted by Gasteiger charge is 2.30. The Morgan fingerprint density at radius 2 is 2.12 bits per heavy atom. The largest absolute Gasteiger partial charge is 0.460 e. The number of nitrogens with zero attached hydrogens (tertiary/aromatic N) is 4. The van der Waals surface area contributed by atoms with Gasteiger partial charge in [0.1, 0.15) is 18.5 Å². The topological polar surface area (TPSA) is 69.9 Å². The van der Waals surface area contributed by atoms with Crippen molar-refractivity contribution in [1.82, 2.24) is 19.5 Å². The van der Waals surface area contributed by atoms with Gasteiger partial charge in [-0.1, -0.05) is 29.8 Å². The molecule has 1 aromatic carbocycles. The number of carbonyl (C=O) groups is 1. The zero-order valence-corrected chi connectivity index (χ0v) is 15.3. The second-order valence-corrected chi connectivity index (χ2v) is 8.58. The number of imidazole rings is 1. The van der Waals surface area contributed by atoms with Gasteiger partial charge in [0, 0.05) is 5.75 Å². The van der Waals surface area contributed by atoms with E-state index < -0.39 is 0 Å². The summed E-state index contributed by atoms with van der Waals surface area (Å²) in [5.41, 5.74) is 1.90. The summed E-state index contributed by atoms with van der Waals surface area (Å²) in [7, 11) is 0. The molecule has 128 valence electrons. The summed E-state index contributed by atoms with van der Waals surface area (Å²) < 4.78 is 7.61. The molecule has 3 heterocycles. The van der Waals surface area contributed by atoms with Crippen LogP contribution in [0.25, 0.3) is 11.2 Å². The van der Waals surface area contributed by atoms with Crippen molar-refractivity contribution < 1.29 is 9.53 Å². The van der Waals surface area contributed by atoms with Crippen molar-refractivity contribution in [3.05, 3.63) is 53.7 Å². The Balaban J connectivity index is 1.40. The fraction of sp³-hybridized carbons (Fsp3) is 0.250. The average molecular weight is 393 g/mol. The summed E-state index contributed by atoms with van der Waals surface area (Å²) in [6.45, 7) is 0.363. The lowest BCUT2D eigenvalue weighted by molar-refractivity contribution is 0.0524. The lowest BCUT2D eigenvalue weighted by Gasteiger charge is -2.12. The number of rotatable bonds is 4. The lowest BCUT2D eigenvalue weighted by Crippen LogP contribution is -2.12. The van der Waals surface area contributed by atoms with Crippen LogP contribution in [-0.2, 0) is 4.74 Å². The van der Waals surface area contributed by atoms with Gasteiger partial charge in [-0.3, -0.25) is 0 Å². The number of aromatic nitrogens is 4. The molecule has 0 radical (unpaired) electrons. The second kappa shape index (κ2) is 7.23. The molecule has 1 fully saturated rings. The predicted molar refractivity (Wildman–Crippen MR) is 99.9 cm³/mol. The van der Waals surface area contributed by atoms with Gasteiger partial charge in [-0.15, -0.1) is 23.5 Å². The van der Waals surface area contributed by atoms with E-state index in [0.29, 0.717) is 22.8 Å². The normalized spacial score (nSPS) is 20.0. The van der Waals surface area contributed by atoms with E-state index in [0.717, 1.165) is 11.4 Å². The molecule has 0 N–H and O–H groups in total. The maximum Gasteiger partial charge on any atom is 0.338 e. The first-order valence-corrected chi connectivity index (χ1v) is 9.91. The molecule has 0 unspecified atom stereocenters. The van der Waals surface area contributed by atoms with Crippen molar-refractivity contribution in [2.24, 2.45) is 0 Å². The Hall–Kier alpha value is -1.77. The maximum absolute atomic E-state index is 12.0. The molecule has 1 saturated heterocycles. The molecule has 0 saturated carbocycles. The van der Waals surface area contributed by atoms with Crippen molar-refractivity contribution in [1.29, 1.82) is 0 Å². The number of thioether (sulfide) groups is 2. The number of fused-ring (bicyclic) bond motifs is 1. The minimum absolute atomic E-state index is 0.168. The van der Waals surface area contributed by atoms with Gasteiger partial charge < -0.3 is 9.30 Å². The molecule has 0 bridgehead atoms. The van der Waals surface area contributed by atoms with Crippen LogP contribution in [0, 0.1) is 0 Å². The minimum atomic E-state index is -0.294. The molecule has 0 spiro atoms. The molecule has 4 rings (SSSR count). The van der Waals surface area contributed by atoms with Crippen LogP contribution in [0.2, 0.25) is 5.15 Å². The molecular weight excluding hydrogens is 380 g/mol. The number of benzene rings is 1. The fourth-order valence-corrected chi connectivity index (χ4v) is 5.66. The van der Waals surface area contributed by atoms with Gasteiger partial charge in [0.05, 0.1) is 21.8 Å². The van der Waals surface area contributed by atoms with E-state index in [1.54, 1.807) is 42.0 Å². The summed E-state index contributed by atoms with van der Waals surface area (Å²) in [5, 5.41) is 0.522. The second-order valence-electron chi connectivity index (χ2n) is 5.31. The SMILES string of the molecule is O=C(OC[C@H]1SC[C@@H](n2cnc3c(Cl)ncnc32)S1)c1ccccc1. The maximum atomic E-state index is 12.0. The Labute approximate surface area is 157 Å². The third-order valence-electron chi connectivity index (χ3n) is 3.72. The number of ether oxygens (including phenoxy) is 1. The number of hydrogen-bond acceptors (Lipinski definition) is 7. The van der Waals surface area contributed by atoms with Crippen molar-refractivity contribution in [3.63, 3.8) is 0 Å². The Bertz CT molecular complexity index is 906. The Morgan fingerprint density at radius 3 is 2.96 bits per heavy atom. The Morgan fingerprint density at radius 1 is 1.28 bits per heavy atom.